The van der Waals surface area contributed by atoms with Gasteiger partial charge in [0.25, 0.3) is 0 Å². The zero-order valence-electron chi connectivity index (χ0n) is 6.49. The van der Waals surface area contributed by atoms with Gasteiger partial charge in [-0.15, -0.1) is 0 Å². The van der Waals surface area contributed by atoms with E-state index in [1.54, 1.807) is 24.3 Å². The highest BCUT2D eigenvalue weighted by Gasteiger charge is 2.06. The van der Waals surface area contributed by atoms with E-state index in [-0.39, 0.29) is 0 Å². The summed E-state index contributed by atoms with van der Waals surface area (Å²) in [6.07, 6.45) is -0.989. The van der Waals surface area contributed by atoms with Crippen molar-refractivity contribution in [1.29, 1.82) is 0 Å². The van der Waals surface area contributed by atoms with Crippen LogP contribution in [0.5, 0.6) is 0 Å². The molecule has 0 fully saturated rings. The minimum Gasteiger partial charge on any atom is -0.465 e. The van der Waals surface area contributed by atoms with Crippen molar-refractivity contribution in [3.63, 3.8) is 0 Å². The molecule has 0 radical (unpaired) electrons. The molecule has 0 aliphatic carbocycles. The first-order chi connectivity index (χ1) is 5.61. The van der Waals surface area contributed by atoms with Crippen molar-refractivity contribution < 1.29 is 9.90 Å². The van der Waals surface area contributed by atoms with Gasteiger partial charge in [-0.25, -0.2) is 4.79 Å². The Morgan fingerprint density at radius 2 is 1.92 bits per heavy atom. The van der Waals surface area contributed by atoms with E-state index in [2.05, 4.69) is 0 Å². The predicted molar refractivity (Wildman–Crippen MR) is 47.9 cm³/mol. The van der Waals surface area contributed by atoms with Gasteiger partial charge in [0.15, 0.2) is 0 Å². The molecular formula is C8H8ClNO2. The molecule has 1 aromatic rings. The van der Waals surface area contributed by atoms with Crippen LogP contribution < -0.4 is 4.90 Å². The first-order valence-corrected chi connectivity index (χ1v) is 3.71. The Bertz CT molecular complexity index is 284. The van der Waals surface area contributed by atoms with E-state index < -0.39 is 6.09 Å². The fourth-order valence-corrected chi connectivity index (χ4v) is 0.901. The third kappa shape index (κ3) is 1.89. The molecule has 64 valence electrons. The number of benzene rings is 1. The lowest BCUT2D eigenvalue weighted by Crippen LogP contribution is -2.23. The molecule has 0 aliphatic heterocycles. The number of halogens is 1. The Hall–Kier alpha value is -1.22. The molecule has 12 heavy (non-hydrogen) atoms. The minimum absolute atomic E-state index is 0.595. The van der Waals surface area contributed by atoms with Crippen LogP contribution in [0.15, 0.2) is 24.3 Å². The number of amides is 1. The molecule has 0 unspecified atom stereocenters. The van der Waals surface area contributed by atoms with Gasteiger partial charge in [0.2, 0.25) is 0 Å². The minimum atomic E-state index is -0.989. The maximum absolute atomic E-state index is 10.5. The molecule has 1 N–H and O–H groups in total. The lowest BCUT2D eigenvalue weighted by atomic mass is 10.3. The fraction of sp³-hybridized carbons (Fsp3) is 0.125. The van der Waals surface area contributed by atoms with Crippen molar-refractivity contribution in [3.8, 4) is 0 Å². The van der Waals surface area contributed by atoms with Gasteiger partial charge in [0.1, 0.15) is 0 Å². The molecule has 1 rings (SSSR count). The highest BCUT2D eigenvalue weighted by Crippen LogP contribution is 2.16. The Morgan fingerprint density at radius 3 is 2.33 bits per heavy atom. The largest absolute Gasteiger partial charge is 0.465 e. The molecule has 0 aromatic heterocycles. The number of hydrogen-bond acceptors (Lipinski definition) is 1. The van der Waals surface area contributed by atoms with Crippen molar-refractivity contribution in [3.05, 3.63) is 29.3 Å². The summed E-state index contributed by atoms with van der Waals surface area (Å²) < 4.78 is 0. The van der Waals surface area contributed by atoms with E-state index in [0.29, 0.717) is 10.7 Å². The molecule has 1 amide bonds. The molecule has 0 heterocycles. The van der Waals surface area contributed by atoms with Crippen LogP contribution in [0.4, 0.5) is 10.5 Å². The van der Waals surface area contributed by atoms with Crippen LogP contribution in [0.25, 0.3) is 0 Å². The van der Waals surface area contributed by atoms with E-state index in [1.165, 1.54) is 7.05 Å². The summed E-state index contributed by atoms with van der Waals surface area (Å²) in [5, 5.41) is 9.19. The second kappa shape index (κ2) is 3.45. The van der Waals surface area contributed by atoms with Gasteiger partial charge < -0.3 is 5.11 Å². The summed E-state index contributed by atoms with van der Waals surface area (Å²) in [7, 11) is 1.48. The highest BCUT2D eigenvalue weighted by molar-refractivity contribution is 6.30. The number of carbonyl (C=O) groups is 1. The Balaban J connectivity index is 2.89. The smallest absolute Gasteiger partial charge is 0.411 e. The Morgan fingerprint density at radius 1 is 1.42 bits per heavy atom. The van der Waals surface area contributed by atoms with E-state index in [0.717, 1.165) is 4.90 Å². The normalized spacial score (nSPS) is 9.50. The third-order valence-corrected chi connectivity index (χ3v) is 1.75. The molecular weight excluding hydrogens is 178 g/mol. The number of hydrogen-bond donors (Lipinski definition) is 1. The summed E-state index contributed by atoms with van der Waals surface area (Å²) in [5.41, 5.74) is 0.604. The van der Waals surface area contributed by atoms with Gasteiger partial charge in [-0.05, 0) is 24.3 Å². The van der Waals surface area contributed by atoms with Crippen molar-refractivity contribution in [2.75, 3.05) is 11.9 Å². The molecule has 0 saturated carbocycles. The quantitative estimate of drug-likeness (QED) is 0.730. The number of anilines is 1. The van der Waals surface area contributed by atoms with E-state index in [1.807, 2.05) is 0 Å². The van der Waals surface area contributed by atoms with Gasteiger partial charge in [0.05, 0.1) is 0 Å². The number of carboxylic acid groups (broad SMARTS) is 1. The SMILES string of the molecule is CN(C(=O)O)c1ccc(Cl)cc1. The summed E-state index contributed by atoms with van der Waals surface area (Å²) in [5.74, 6) is 0. The van der Waals surface area contributed by atoms with E-state index >= 15 is 0 Å². The van der Waals surface area contributed by atoms with Gasteiger partial charge in [-0.1, -0.05) is 11.6 Å². The maximum Gasteiger partial charge on any atom is 0.411 e. The number of rotatable bonds is 1. The first-order valence-electron chi connectivity index (χ1n) is 3.33. The van der Waals surface area contributed by atoms with Crippen LogP contribution in [0, 0.1) is 0 Å². The van der Waals surface area contributed by atoms with E-state index in [9.17, 15) is 4.79 Å². The van der Waals surface area contributed by atoms with E-state index in [4.69, 9.17) is 16.7 Å². The molecule has 3 nitrogen and oxygen atoms in total. The lowest BCUT2D eigenvalue weighted by Gasteiger charge is -2.12. The van der Waals surface area contributed by atoms with Crippen molar-refractivity contribution in [2.24, 2.45) is 0 Å². The second-order valence-electron chi connectivity index (χ2n) is 2.32. The second-order valence-corrected chi connectivity index (χ2v) is 2.75. The number of nitrogens with zero attached hydrogens (tertiary/aromatic N) is 1. The van der Waals surface area contributed by atoms with Crippen molar-refractivity contribution in [2.45, 2.75) is 0 Å². The molecule has 1 aromatic carbocycles. The van der Waals surface area contributed by atoms with Crippen LogP contribution in [0.2, 0.25) is 5.02 Å². The summed E-state index contributed by atoms with van der Waals surface area (Å²) in [6, 6.07) is 6.60. The van der Waals surface area contributed by atoms with Gasteiger partial charge >= 0.3 is 6.09 Å². The molecule has 0 aliphatic rings. The van der Waals surface area contributed by atoms with Crippen molar-refractivity contribution >= 4 is 23.4 Å². The summed E-state index contributed by atoms with van der Waals surface area (Å²) >= 11 is 5.63. The van der Waals surface area contributed by atoms with Crippen LogP contribution in [0.1, 0.15) is 0 Å². The monoisotopic (exact) mass is 185 g/mol. The summed E-state index contributed by atoms with van der Waals surface area (Å²) in [4.78, 5) is 11.6. The first kappa shape index (κ1) is 8.87. The maximum atomic E-state index is 10.5. The zero-order chi connectivity index (χ0) is 9.14. The topological polar surface area (TPSA) is 40.5 Å². The Labute approximate surface area is 75.2 Å². The molecule has 0 saturated heterocycles. The molecule has 0 spiro atoms. The van der Waals surface area contributed by atoms with Crippen molar-refractivity contribution in [1.82, 2.24) is 0 Å². The highest BCUT2D eigenvalue weighted by atomic mass is 35.5. The average molecular weight is 186 g/mol. The van der Waals surface area contributed by atoms with Crippen LogP contribution in [-0.4, -0.2) is 18.2 Å². The molecule has 0 bridgehead atoms. The zero-order valence-corrected chi connectivity index (χ0v) is 7.25. The standard InChI is InChI=1S/C8H8ClNO2/c1-10(8(11)12)7-4-2-6(9)3-5-7/h2-5H,1H3,(H,11,12). The van der Waals surface area contributed by atoms with Gasteiger partial charge in [-0.3, -0.25) is 4.90 Å². The van der Waals surface area contributed by atoms with Crippen LogP contribution in [-0.2, 0) is 0 Å². The molecule has 0 atom stereocenters. The van der Waals surface area contributed by atoms with Crippen LogP contribution in [0.3, 0.4) is 0 Å². The Kier molecular flexibility index (Phi) is 2.55. The summed E-state index contributed by atoms with van der Waals surface area (Å²) in [6.45, 7) is 0. The third-order valence-electron chi connectivity index (χ3n) is 1.50. The van der Waals surface area contributed by atoms with Gasteiger partial charge in [0, 0.05) is 17.8 Å². The predicted octanol–water partition coefficient (Wildman–Crippen LogP) is 2.45. The molecule has 4 heteroatoms. The lowest BCUT2D eigenvalue weighted by molar-refractivity contribution is 0.203. The fourth-order valence-electron chi connectivity index (χ4n) is 0.775. The van der Waals surface area contributed by atoms with Crippen LogP contribution >= 0.6 is 11.6 Å². The van der Waals surface area contributed by atoms with Gasteiger partial charge in [-0.2, -0.15) is 0 Å². The average Bonchev–Trinajstić information content (AvgIpc) is 2.04.